The number of aliphatic imine (C=N–C) groups is 1. The van der Waals surface area contributed by atoms with E-state index in [1.54, 1.807) is 6.07 Å². The minimum atomic E-state index is 0.123. The van der Waals surface area contributed by atoms with Gasteiger partial charge in [-0.1, -0.05) is 42.5 Å². The van der Waals surface area contributed by atoms with Crippen LogP contribution in [0.1, 0.15) is 17.2 Å². The van der Waals surface area contributed by atoms with Gasteiger partial charge in [0.1, 0.15) is 5.75 Å². The first-order valence-electron chi connectivity index (χ1n) is 7.19. The highest BCUT2D eigenvalue weighted by atomic mass is 16.3. The predicted molar refractivity (Wildman–Crippen MR) is 84.4 cm³/mol. The molecule has 4 heteroatoms. The van der Waals surface area contributed by atoms with E-state index in [0.29, 0.717) is 5.75 Å². The molecule has 1 heterocycles. The molecule has 0 aliphatic carbocycles. The Hall–Kier alpha value is -2.49. The lowest BCUT2D eigenvalue weighted by atomic mass is 9.99. The Balaban J connectivity index is 1.81. The second kappa shape index (κ2) is 6.31. The van der Waals surface area contributed by atoms with Crippen molar-refractivity contribution in [3.05, 3.63) is 65.7 Å². The summed E-state index contributed by atoms with van der Waals surface area (Å²) in [6.07, 6.45) is 0.791. The summed E-state index contributed by atoms with van der Waals surface area (Å²) in [4.78, 5) is 4.41. The molecule has 1 aliphatic rings. The highest BCUT2D eigenvalue weighted by Crippen LogP contribution is 2.20. The van der Waals surface area contributed by atoms with Crippen LogP contribution in [0.5, 0.6) is 5.75 Å². The molecule has 0 amide bonds. The van der Waals surface area contributed by atoms with Crippen molar-refractivity contribution in [1.29, 1.82) is 0 Å². The monoisotopic (exact) mass is 281 g/mol. The number of guanidine groups is 1. The lowest BCUT2D eigenvalue weighted by Gasteiger charge is -2.20. The predicted octanol–water partition coefficient (Wildman–Crippen LogP) is 2.22. The summed E-state index contributed by atoms with van der Waals surface area (Å²) >= 11 is 0. The summed E-state index contributed by atoms with van der Waals surface area (Å²) in [6.45, 7) is 1.70. The highest BCUT2D eigenvalue weighted by molar-refractivity contribution is 5.81. The number of rotatable bonds is 4. The maximum atomic E-state index is 9.62. The summed E-state index contributed by atoms with van der Waals surface area (Å²) in [7, 11) is 0. The van der Waals surface area contributed by atoms with Crippen molar-refractivity contribution < 1.29 is 5.11 Å². The van der Waals surface area contributed by atoms with Crippen molar-refractivity contribution in [2.24, 2.45) is 4.99 Å². The van der Waals surface area contributed by atoms with E-state index in [-0.39, 0.29) is 6.04 Å². The van der Waals surface area contributed by atoms with Crippen LogP contribution in [0.25, 0.3) is 0 Å². The molecule has 1 unspecified atom stereocenters. The standard InChI is InChI=1S/C17H19N3O/c21-15-8-4-5-13(11-15)12-16(14-6-2-1-3-7-14)20-17-18-9-10-19-17/h1-8,11,16,21H,9-10,12H2,(H2,18,19,20). The molecule has 0 bridgehead atoms. The number of benzene rings is 2. The molecular weight excluding hydrogens is 262 g/mol. The first kappa shape index (κ1) is 13.5. The summed E-state index contributed by atoms with van der Waals surface area (Å²) < 4.78 is 0. The average molecular weight is 281 g/mol. The second-order valence-electron chi connectivity index (χ2n) is 5.14. The van der Waals surface area contributed by atoms with Crippen molar-refractivity contribution in [2.45, 2.75) is 12.5 Å². The molecule has 3 N–H and O–H groups in total. The van der Waals surface area contributed by atoms with Gasteiger partial charge in [-0.2, -0.15) is 0 Å². The largest absolute Gasteiger partial charge is 0.508 e. The van der Waals surface area contributed by atoms with Crippen LogP contribution in [0.15, 0.2) is 59.6 Å². The van der Waals surface area contributed by atoms with Crippen molar-refractivity contribution in [3.8, 4) is 5.75 Å². The first-order chi connectivity index (χ1) is 10.3. The summed E-state index contributed by atoms with van der Waals surface area (Å²) in [5, 5.41) is 16.3. The van der Waals surface area contributed by atoms with Gasteiger partial charge in [-0.15, -0.1) is 0 Å². The third-order valence-corrected chi connectivity index (χ3v) is 3.54. The zero-order chi connectivity index (χ0) is 14.5. The molecular formula is C17H19N3O. The Labute approximate surface area is 124 Å². The molecule has 4 nitrogen and oxygen atoms in total. The maximum Gasteiger partial charge on any atom is 0.191 e. The molecule has 2 aromatic rings. The minimum absolute atomic E-state index is 0.123. The van der Waals surface area contributed by atoms with Crippen LogP contribution in [0, 0.1) is 0 Å². The molecule has 0 aromatic heterocycles. The molecule has 0 saturated carbocycles. The van der Waals surface area contributed by atoms with Gasteiger partial charge in [0.25, 0.3) is 0 Å². The van der Waals surface area contributed by atoms with Crippen LogP contribution in [0.4, 0.5) is 0 Å². The molecule has 108 valence electrons. The fourth-order valence-corrected chi connectivity index (χ4v) is 2.52. The maximum absolute atomic E-state index is 9.62. The SMILES string of the molecule is Oc1cccc(CC(NC2=NCCN2)c2ccccc2)c1. The Bertz CT molecular complexity index is 625. The lowest BCUT2D eigenvalue weighted by Crippen LogP contribution is -2.37. The summed E-state index contributed by atoms with van der Waals surface area (Å²) in [6, 6.07) is 17.8. The van der Waals surface area contributed by atoms with E-state index in [4.69, 9.17) is 0 Å². The van der Waals surface area contributed by atoms with E-state index in [0.717, 1.165) is 31.0 Å². The van der Waals surface area contributed by atoms with Gasteiger partial charge in [0.15, 0.2) is 5.96 Å². The zero-order valence-electron chi connectivity index (χ0n) is 11.8. The lowest BCUT2D eigenvalue weighted by molar-refractivity contribution is 0.474. The molecule has 0 radical (unpaired) electrons. The van der Waals surface area contributed by atoms with Gasteiger partial charge in [0.05, 0.1) is 12.6 Å². The third kappa shape index (κ3) is 3.54. The van der Waals surface area contributed by atoms with E-state index in [1.807, 2.05) is 36.4 Å². The van der Waals surface area contributed by atoms with E-state index < -0.39 is 0 Å². The number of aromatic hydroxyl groups is 1. The Morgan fingerprint density at radius 1 is 1.14 bits per heavy atom. The smallest absolute Gasteiger partial charge is 0.191 e. The van der Waals surface area contributed by atoms with Gasteiger partial charge in [0, 0.05) is 6.54 Å². The van der Waals surface area contributed by atoms with E-state index >= 15 is 0 Å². The van der Waals surface area contributed by atoms with Crippen LogP contribution >= 0.6 is 0 Å². The third-order valence-electron chi connectivity index (χ3n) is 3.54. The Morgan fingerprint density at radius 3 is 2.71 bits per heavy atom. The second-order valence-corrected chi connectivity index (χ2v) is 5.14. The van der Waals surface area contributed by atoms with Crippen molar-refractivity contribution in [3.63, 3.8) is 0 Å². The topological polar surface area (TPSA) is 56.6 Å². The van der Waals surface area contributed by atoms with Crippen LogP contribution < -0.4 is 10.6 Å². The number of hydrogen-bond acceptors (Lipinski definition) is 4. The molecule has 3 rings (SSSR count). The van der Waals surface area contributed by atoms with Gasteiger partial charge in [-0.05, 0) is 29.7 Å². The van der Waals surface area contributed by atoms with Crippen LogP contribution in [0.2, 0.25) is 0 Å². The summed E-state index contributed by atoms with van der Waals surface area (Å²) in [5.74, 6) is 1.15. The van der Waals surface area contributed by atoms with E-state index in [9.17, 15) is 5.11 Å². The van der Waals surface area contributed by atoms with Crippen molar-refractivity contribution >= 4 is 5.96 Å². The normalized spacial score (nSPS) is 15.1. The van der Waals surface area contributed by atoms with Crippen molar-refractivity contribution in [1.82, 2.24) is 10.6 Å². The molecule has 1 atom stereocenters. The minimum Gasteiger partial charge on any atom is -0.508 e. The molecule has 2 aromatic carbocycles. The van der Waals surface area contributed by atoms with Gasteiger partial charge in [0.2, 0.25) is 0 Å². The highest BCUT2D eigenvalue weighted by Gasteiger charge is 2.15. The number of nitrogens with one attached hydrogen (secondary N) is 2. The first-order valence-corrected chi connectivity index (χ1v) is 7.19. The Kier molecular flexibility index (Phi) is 4.05. The van der Waals surface area contributed by atoms with E-state index in [1.165, 1.54) is 5.56 Å². The molecule has 0 spiro atoms. The van der Waals surface area contributed by atoms with Gasteiger partial charge in [-0.3, -0.25) is 4.99 Å². The number of phenolic OH excluding ortho intramolecular Hbond substituents is 1. The average Bonchev–Trinajstić information content (AvgIpc) is 3.01. The molecule has 1 aliphatic heterocycles. The quantitative estimate of drug-likeness (QED) is 0.805. The number of nitrogens with zero attached hydrogens (tertiary/aromatic N) is 1. The van der Waals surface area contributed by atoms with Crippen LogP contribution in [-0.2, 0) is 6.42 Å². The number of phenols is 1. The van der Waals surface area contributed by atoms with Gasteiger partial charge in [-0.25, -0.2) is 0 Å². The molecule has 0 fully saturated rings. The van der Waals surface area contributed by atoms with Crippen LogP contribution in [-0.4, -0.2) is 24.2 Å². The van der Waals surface area contributed by atoms with Gasteiger partial charge >= 0.3 is 0 Å². The molecule has 21 heavy (non-hydrogen) atoms. The molecule has 0 saturated heterocycles. The zero-order valence-corrected chi connectivity index (χ0v) is 11.8. The van der Waals surface area contributed by atoms with Crippen molar-refractivity contribution in [2.75, 3.05) is 13.1 Å². The van der Waals surface area contributed by atoms with E-state index in [2.05, 4.69) is 27.8 Å². The fourth-order valence-electron chi connectivity index (χ4n) is 2.52. The van der Waals surface area contributed by atoms with Crippen LogP contribution in [0.3, 0.4) is 0 Å². The number of hydrogen-bond donors (Lipinski definition) is 3. The Morgan fingerprint density at radius 2 is 2.00 bits per heavy atom. The summed E-state index contributed by atoms with van der Waals surface area (Å²) in [5.41, 5.74) is 2.30. The fraction of sp³-hybridized carbons (Fsp3) is 0.235. The van der Waals surface area contributed by atoms with Gasteiger partial charge < -0.3 is 15.7 Å².